The minimum atomic E-state index is -1.02. The molecule has 0 saturated carbocycles. The number of unbranched alkanes of at least 4 members (excludes halogenated alkanes) is 1. The number of carboxylic acid groups (broad SMARTS) is 1. The number of aromatic nitrogens is 1. The fourth-order valence-electron chi connectivity index (χ4n) is 1.82. The zero-order valence-electron chi connectivity index (χ0n) is 11.5. The number of hydrogen-bond acceptors (Lipinski definition) is 3. The van der Waals surface area contributed by atoms with Crippen LogP contribution in [0.15, 0.2) is 29.2 Å². The van der Waals surface area contributed by atoms with Gasteiger partial charge in [0.05, 0.1) is 0 Å². The molecular formula is C14H20N2O4. The Kier molecular flexibility index (Phi) is 6.49. The summed E-state index contributed by atoms with van der Waals surface area (Å²) in [5.41, 5.74) is -0.0612. The number of rotatable bonds is 8. The number of pyridine rings is 1. The molecule has 0 aliphatic rings. The van der Waals surface area contributed by atoms with Gasteiger partial charge in [-0.15, -0.1) is 0 Å². The lowest BCUT2D eigenvalue weighted by atomic mass is 10.2. The molecule has 1 unspecified atom stereocenters. The van der Waals surface area contributed by atoms with Gasteiger partial charge in [-0.3, -0.25) is 9.59 Å². The molecule has 0 radical (unpaired) electrons. The van der Waals surface area contributed by atoms with Crippen LogP contribution in [-0.2, 0) is 16.1 Å². The van der Waals surface area contributed by atoms with E-state index in [0.717, 1.165) is 0 Å². The molecule has 0 aliphatic heterocycles. The molecule has 110 valence electrons. The number of aliphatic carboxylic acids is 1. The lowest BCUT2D eigenvalue weighted by Crippen LogP contribution is -2.40. The molecule has 1 heterocycles. The minimum Gasteiger partial charge on any atom is -0.480 e. The molecule has 20 heavy (non-hydrogen) atoms. The van der Waals surface area contributed by atoms with Gasteiger partial charge in [0.15, 0.2) is 0 Å². The van der Waals surface area contributed by atoms with Gasteiger partial charge in [-0.2, -0.15) is 0 Å². The van der Waals surface area contributed by atoms with Crippen molar-refractivity contribution in [2.24, 2.45) is 0 Å². The summed E-state index contributed by atoms with van der Waals surface area (Å²) in [7, 11) is 0. The number of nitrogens with zero attached hydrogens (tertiary/aromatic N) is 1. The summed E-state index contributed by atoms with van der Waals surface area (Å²) < 4.78 is 1.59. The Morgan fingerprint density at radius 1 is 1.35 bits per heavy atom. The van der Waals surface area contributed by atoms with Gasteiger partial charge in [0, 0.05) is 25.2 Å². The maximum atomic E-state index is 11.6. The summed E-state index contributed by atoms with van der Waals surface area (Å²) in [4.78, 5) is 33.7. The van der Waals surface area contributed by atoms with Crippen molar-refractivity contribution in [2.75, 3.05) is 0 Å². The molecule has 1 amide bonds. The van der Waals surface area contributed by atoms with Crippen LogP contribution in [0.1, 0.15) is 32.6 Å². The Labute approximate surface area is 117 Å². The normalized spacial score (nSPS) is 11.8. The molecule has 0 aliphatic carbocycles. The van der Waals surface area contributed by atoms with Crippen molar-refractivity contribution in [3.05, 3.63) is 34.7 Å². The average molecular weight is 280 g/mol. The Morgan fingerprint density at radius 2 is 2.10 bits per heavy atom. The molecule has 0 fully saturated rings. The van der Waals surface area contributed by atoms with E-state index in [-0.39, 0.29) is 17.9 Å². The van der Waals surface area contributed by atoms with Crippen LogP contribution < -0.4 is 10.9 Å². The van der Waals surface area contributed by atoms with Gasteiger partial charge < -0.3 is 15.0 Å². The number of carbonyl (C=O) groups is 2. The van der Waals surface area contributed by atoms with Crippen molar-refractivity contribution in [2.45, 2.75) is 45.2 Å². The predicted octanol–water partition coefficient (Wildman–Crippen LogP) is 0.998. The van der Waals surface area contributed by atoms with E-state index in [1.165, 1.54) is 6.07 Å². The first-order valence-corrected chi connectivity index (χ1v) is 6.72. The summed E-state index contributed by atoms with van der Waals surface area (Å²) in [5, 5.41) is 11.3. The maximum Gasteiger partial charge on any atom is 0.326 e. The Morgan fingerprint density at radius 3 is 2.70 bits per heavy atom. The molecule has 1 rings (SSSR count). The standard InChI is InChI=1S/C14H20N2O4/c1-2-11(14(19)20)15-12(17)7-3-5-9-16-10-6-4-8-13(16)18/h4,6,8,10-11H,2-3,5,7,9H2,1H3,(H,15,17)(H,19,20). The Bertz CT molecular complexity index is 510. The lowest BCUT2D eigenvalue weighted by Gasteiger charge is -2.12. The zero-order chi connectivity index (χ0) is 15.0. The van der Waals surface area contributed by atoms with Gasteiger partial charge in [0.25, 0.3) is 0 Å². The molecule has 0 saturated heterocycles. The highest BCUT2D eigenvalue weighted by Crippen LogP contribution is 2.00. The second-order valence-corrected chi connectivity index (χ2v) is 4.56. The lowest BCUT2D eigenvalue weighted by molar-refractivity contribution is -0.141. The van der Waals surface area contributed by atoms with Crippen LogP contribution in [0, 0.1) is 0 Å². The molecule has 0 spiro atoms. The number of hydrogen-bond donors (Lipinski definition) is 2. The Balaban J connectivity index is 2.27. The van der Waals surface area contributed by atoms with Crippen molar-refractivity contribution < 1.29 is 14.7 Å². The summed E-state index contributed by atoms with van der Waals surface area (Å²) in [6.07, 6.45) is 3.65. The van der Waals surface area contributed by atoms with E-state index in [1.807, 2.05) is 0 Å². The van der Waals surface area contributed by atoms with Gasteiger partial charge in [-0.1, -0.05) is 13.0 Å². The van der Waals surface area contributed by atoms with Crippen LogP contribution in [0.4, 0.5) is 0 Å². The van der Waals surface area contributed by atoms with Crippen LogP contribution in [0.5, 0.6) is 0 Å². The van der Waals surface area contributed by atoms with Crippen molar-refractivity contribution in [1.82, 2.24) is 9.88 Å². The number of carboxylic acids is 1. The number of carbonyl (C=O) groups excluding carboxylic acids is 1. The third-order valence-corrected chi connectivity index (χ3v) is 2.99. The average Bonchev–Trinajstić information content (AvgIpc) is 2.42. The SMILES string of the molecule is CCC(NC(=O)CCCCn1ccccc1=O)C(=O)O. The smallest absolute Gasteiger partial charge is 0.326 e. The molecule has 1 aromatic rings. The topological polar surface area (TPSA) is 88.4 Å². The van der Waals surface area contributed by atoms with Gasteiger partial charge in [0.2, 0.25) is 11.5 Å². The van der Waals surface area contributed by atoms with Gasteiger partial charge in [0.1, 0.15) is 6.04 Å². The summed E-state index contributed by atoms with van der Waals surface area (Å²) >= 11 is 0. The van der Waals surface area contributed by atoms with Gasteiger partial charge in [-0.05, 0) is 25.3 Å². The number of nitrogens with one attached hydrogen (secondary N) is 1. The summed E-state index contributed by atoms with van der Waals surface area (Å²) in [6, 6.07) is 4.14. The maximum absolute atomic E-state index is 11.6. The molecular weight excluding hydrogens is 260 g/mol. The number of amides is 1. The first kappa shape index (κ1) is 15.9. The molecule has 1 atom stereocenters. The van der Waals surface area contributed by atoms with Crippen LogP contribution in [-0.4, -0.2) is 27.6 Å². The van der Waals surface area contributed by atoms with Gasteiger partial charge >= 0.3 is 5.97 Å². The van der Waals surface area contributed by atoms with Crippen molar-refractivity contribution in [3.63, 3.8) is 0 Å². The predicted molar refractivity (Wildman–Crippen MR) is 74.4 cm³/mol. The fourth-order valence-corrected chi connectivity index (χ4v) is 1.82. The van der Waals surface area contributed by atoms with E-state index in [1.54, 1.807) is 29.8 Å². The minimum absolute atomic E-state index is 0.0612. The van der Waals surface area contributed by atoms with E-state index < -0.39 is 12.0 Å². The van der Waals surface area contributed by atoms with E-state index >= 15 is 0 Å². The van der Waals surface area contributed by atoms with Crippen LogP contribution in [0.2, 0.25) is 0 Å². The highest BCUT2D eigenvalue weighted by atomic mass is 16.4. The third kappa shape index (κ3) is 5.26. The molecule has 1 aromatic heterocycles. The first-order valence-electron chi connectivity index (χ1n) is 6.72. The highest BCUT2D eigenvalue weighted by Gasteiger charge is 2.16. The van der Waals surface area contributed by atoms with E-state index in [2.05, 4.69) is 5.32 Å². The van der Waals surface area contributed by atoms with E-state index in [0.29, 0.717) is 25.8 Å². The van der Waals surface area contributed by atoms with Crippen molar-refractivity contribution >= 4 is 11.9 Å². The summed E-state index contributed by atoms with van der Waals surface area (Å²) in [5.74, 6) is -1.28. The van der Waals surface area contributed by atoms with Gasteiger partial charge in [-0.25, -0.2) is 4.79 Å². The molecule has 6 nitrogen and oxygen atoms in total. The first-order chi connectivity index (χ1) is 9.54. The fraction of sp³-hybridized carbons (Fsp3) is 0.500. The Hall–Kier alpha value is -2.11. The highest BCUT2D eigenvalue weighted by molar-refractivity contribution is 5.83. The van der Waals surface area contributed by atoms with Crippen LogP contribution in [0.3, 0.4) is 0 Å². The molecule has 0 bridgehead atoms. The molecule has 6 heteroatoms. The number of aryl methyl sites for hydroxylation is 1. The monoisotopic (exact) mass is 280 g/mol. The zero-order valence-corrected chi connectivity index (χ0v) is 11.5. The summed E-state index contributed by atoms with van der Waals surface area (Å²) in [6.45, 7) is 2.27. The molecule has 0 aromatic carbocycles. The van der Waals surface area contributed by atoms with Crippen molar-refractivity contribution in [1.29, 1.82) is 0 Å². The van der Waals surface area contributed by atoms with Crippen LogP contribution in [0.25, 0.3) is 0 Å². The largest absolute Gasteiger partial charge is 0.480 e. The van der Waals surface area contributed by atoms with E-state index in [9.17, 15) is 14.4 Å². The quantitative estimate of drug-likeness (QED) is 0.695. The van der Waals surface area contributed by atoms with Crippen molar-refractivity contribution in [3.8, 4) is 0 Å². The van der Waals surface area contributed by atoms with Crippen LogP contribution >= 0.6 is 0 Å². The van der Waals surface area contributed by atoms with E-state index in [4.69, 9.17) is 5.11 Å². The molecule has 2 N–H and O–H groups in total. The third-order valence-electron chi connectivity index (χ3n) is 2.99. The second-order valence-electron chi connectivity index (χ2n) is 4.56. The second kappa shape index (κ2) is 8.14.